The van der Waals surface area contributed by atoms with Gasteiger partial charge in [0.25, 0.3) is 15.7 Å². The molecular formula is C28H26FN5O6S. The highest BCUT2D eigenvalue weighted by Gasteiger charge is 2.47. The third-order valence-electron chi connectivity index (χ3n) is 8.34. The number of rotatable bonds is 7. The summed E-state index contributed by atoms with van der Waals surface area (Å²) in [7, 11) is -4.29. The molecule has 3 aliphatic rings. The predicted octanol–water partition coefficient (Wildman–Crippen LogP) is 4.99. The van der Waals surface area contributed by atoms with Gasteiger partial charge in [-0.15, -0.1) is 0 Å². The van der Waals surface area contributed by atoms with Crippen LogP contribution in [0, 0.1) is 40.6 Å². The van der Waals surface area contributed by atoms with Gasteiger partial charge in [0, 0.05) is 29.3 Å². The molecule has 3 fully saturated rings. The van der Waals surface area contributed by atoms with E-state index in [1.54, 1.807) is 19.1 Å². The molecule has 2 bridgehead atoms. The highest BCUT2D eigenvalue weighted by molar-refractivity contribution is 7.90. The van der Waals surface area contributed by atoms with Crippen molar-refractivity contribution < 1.29 is 27.6 Å². The average molecular weight is 580 g/mol. The minimum Gasteiger partial charge on any atom is -0.481 e. The van der Waals surface area contributed by atoms with Crippen molar-refractivity contribution in [3.05, 3.63) is 76.4 Å². The molecule has 3 saturated carbocycles. The summed E-state index contributed by atoms with van der Waals surface area (Å²) >= 11 is 0. The largest absolute Gasteiger partial charge is 0.481 e. The summed E-state index contributed by atoms with van der Waals surface area (Å²) in [5.74, 6) is -2.65. The van der Waals surface area contributed by atoms with E-state index in [9.17, 15) is 28.4 Å². The molecule has 2 unspecified atom stereocenters. The van der Waals surface area contributed by atoms with Crippen molar-refractivity contribution in [2.24, 2.45) is 17.8 Å². The van der Waals surface area contributed by atoms with Crippen molar-refractivity contribution in [3.8, 4) is 11.4 Å². The Morgan fingerprint density at radius 1 is 1.12 bits per heavy atom. The Morgan fingerprint density at radius 3 is 2.46 bits per heavy atom. The standard InChI is InChI=1S/C28H26FN5O6S/c1-15-5-11-18(12-6-15)41(39,40)33-14-20(19-3-2-4-22(25(19)33)34(37)38)26-30-13-21(29)27(32-26)31-24-17-9-7-16(8-10-17)23(24)28(35)36/h2-6,11-14,16-17,23-24H,7-10H2,1H3,(H,35,36)(H,30,31,32). The molecule has 4 aromatic rings. The minimum absolute atomic E-state index is 0.00938. The third kappa shape index (κ3) is 4.49. The number of nitrogens with zero attached hydrogens (tertiary/aromatic N) is 4. The van der Waals surface area contributed by atoms with Gasteiger partial charge in [0.2, 0.25) is 0 Å². The summed E-state index contributed by atoms with van der Waals surface area (Å²) in [5, 5.41) is 25.1. The number of nitro groups is 1. The Kier molecular flexibility index (Phi) is 6.48. The number of aryl methyl sites for hydroxylation is 1. The number of aromatic nitrogens is 3. The van der Waals surface area contributed by atoms with Gasteiger partial charge in [0.05, 0.1) is 21.9 Å². The zero-order chi connectivity index (χ0) is 29.1. The van der Waals surface area contributed by atoms with Crippen LogP contribution < -0.4 is 5.32 Å². The van der Waals surface area contributed by atoms with Crippen molar-refractivity contribution in [2.75, 3.05) is 5.32 Å². The number of halogens is 1. The topological polar surface area (TPSA) is 157 Å². The van der Waals surface area contributed by atoms with Crippen LogP contribution in [0.1, 0.15) is 31.2 Å². The summed E-state index contributed by atoms with van der Waals surface area (Å²) in [6.45, 7) is 1.80. The quantitative estimate of drug-likeness (QED) is 0.227. The van der Waals surface area contributed by atoms with Crippen LogP contribution in [0.25, 0.3) is 22.3 Å². The lowest BCUT2D eigenvalue weighted by atomic mass is 9.61. The van der Waals surface area contributed by atoms with Crippen molar-refractivity contribution >= 4 is 38.4 Å². The van der Waals surface area contributed by atoms with Crippen molar-refractivity contribution in [1.29, 1.82) is 0 Å². The first-order chi connectivity index (χ1) is 19.6. The molecule has 3 aliphatic carbocycles. The molecule has 11 nitrogen and oxygen atoms in total. The number of non-ortho nitro benzene ring substituents is 1. The zero-order valence-electron chi connectivity index (χ0n) is 21.9. The van der Waals surface area contributed by atoms with E-state index in [1.807, 2.05) is 0 Å². The Balaban J connectivity index is 1.49. The number of benzene rings is 2. The molecule has 41 heavy (non-hydrogen) atoms. The number of fused-ring (bicyclic) bond motifs is 4. The van der Waals surface area contributed by atoms with E-state index in [0.29, 0.717) is 0 Å². The fourth-order valence-electron chi connectivity index (χ4n) is 6.34. The summed E-state index contributed by atoms with van der Waals surface area (Å²) < 4.78 is 43.3. The molecular weight excluding hydrogens is 553 g/mol. The summed E-state index contributed by atoms with van der Waals surface area (Å²) in [6.07, 6.45) is 5.42. The zero-order valence-corrected chi connectivity index (χ0v) is 22.7. The molecule has 212 valence electrons. The number of carboxylic acid groups (broad SMARTS) is 1. The second-order valence-corrected chi connectivity index (χ2v) is 12.5. The van der Waals surface area contributed by atoms with Gasteiger partial charge in [-0.3, -0.25) is 14.9 Å². The first kappa shape index (κ1) is 26.8. The highest BCUT2D eigenvalue weighted by atomic mass is 32.2. The Labute approximate surface area is 234 Å². The molecule has 13 heteroatoms. The van der Waals surface area contributed by atoms with Crippen molar-refractivity contribution in [2.45, 2.75) is 43.5 Å². The van der Waals surface area contributed by atoms with E-state index < -0.39 is 44.4 Å². The highest BCUT2D eigenvalue weighted by Crippen LogP contribution is 2.46. The van der Waals surface area contributed by atoms with Crippen molar-refractivity contribution in [3.63, 3.8) is 0 Å². The van der Waals surface area contributed by atoms with E-state index in [0.717, 1.165) is 41.4 Å². The Hall–Kier alpha value is -4.39. The van der Waals surface area contributed by atoms with E-state index in [1.165, 1.54) is 36.5 Å². The smallest absolute Gasteiger partial charge is 0.308 e. The average Bonchev–Trinajstić information content (AvgIpc) is 3.35. The molecule has 2 N–H and O–H groups in total. The number of nitro benzene ring substituents is 1. The molecule has 2 heterocycles. The number of hydrogen-bond donors (Lipinski definition) is 2. The van der Waals surface area contributed by atoms with Gasteiger partial charge in [0.1, 0.15) is 5.52 Å². The van der Waals surface area contributed by atoms with E-state index in [4.69, 9.17) is 0 Å². The van der Waals surface area contributed by atoms with Crippen LogP contribution in [0.3, 0.4) is 0 Å². The molecule has 0 radical (unpaired) electrons. The Morgan fingerprint density at radius 2 is 1.80 bits per heavy atom. The predicted molar refractivity (Wildman–Crippen MR) is 147 cm³/mol. The molecule has 7 rings (SSSR count). The van der Waals surface area contributed by atoms with Gasteiger partial charge in [-0.1, -0.05) is 29.8 Å². The third-order valence-corrected chi connectivity index (χ3v) is 10.0. The summed E-state index contributed by atoms with van der Waals surface area (Å²) in [6, 6.07) is 9.69. The molecule has 2 atom stereocenters. The maximum Gasteiger partial charge on any atom is 0.308 e. The first-order valence-electron chi connectivity index (χ1n) is 13.2. The number of anilines is 1. The lowest BCUT2D eigenvalue weighted by molar-refractivity contribution is -0.383. The van der Waals surface area contributed by atoms with E-state index in [2.05, 4.69) is 15.3 Å². The van der Waals surface area contributed by atoms with Crippen LogP contribution in [0.5, 0.6) is 0 Å². The van der Waals surface area contributed by atoms with Gasteiger partial charge in [-0.05, 0) is 56.6 Å². The second-order valence-electron chi connectivity index (χ2n) is 10.7. The fraction of sp³-hybridized carbons (Fsp3) is 0.321. The van der Waals surface area contributed by atoms with E-state index >= 15 is 4.39 Å². The normalized spacial score (nSPS) is 22.1. The van der Waals surface area contributed by atoms with Gasteiger partial charge < -0.3 is 10.4 Å². The number of para-hydroxylation sites is 1. The second kappa shape index (κ2) is 9.91. The van der Waals surface area contributed by atoms with Crippen LogP contribution in [-0.2, 0) is 14.8 Å². The summed E-state index contributed by atoms with van der Waals surface area (Å²) in [4.78, 5) is 31.7. The molecule has 0 spiro atoms. The molecule has 0 amide bonds. The SMILES string of the molecule is Cc1ccc(S(=O)(=O)n2cc(-c3ncc(F)c(NC4C5CCC(CC5)C4C(=O)O)n3)c3cccc([N+](=O)[O-])c32)cc1. The van der Waals surface area contributed by atoms with Gasteiger partial charge in [0.15, 0.2) is 17.5 Å². The number of carbonyl (C=O) groups is 1. The molecule has 0 saturated heterocycles. The van der Waals surface area contributed by atoms with Crippen molar-refractivity contribution in [1.82, 2.24) is 13.9 Å². The van der Waals surface area contributed by atoms with Gasteiger partial charge >= 0.3 is 5.97 Å². The molecule has 2 aromatic carbocycles. The maximum atomic E-state index is 15.0. The van der Waals surface area contributed by atoms with Gasteiger partial charge in [-0.25, -0.2) is 26.7 Å². The Bertz CT molecular complexity index is 1800. The number of aliphatic carboxylic acids is 1. The van der Waals surface area contributed by atoms with Crippen LogP contribution in [0.15, 0.2) is 59.8 Å². The lowest BCUT2D eigenvalue weighted by Crippen LogP contribution is -2.51. The molecule has 0 aliphatic heterocycles. The first-order valence-corrected chi connectivity index (χ1v) is 14.6. The fourth-order valence-corrected chi connectivity index (χ4v) is 7.72. The number of hydrogen-bond acceptors (Lipinski definition) is 8. The van der Waals surface area contributed by atoms with E-state index in [-0.39, 0.29) is 44.8 Å². The van der Waals surface area contributed by atoms with Gasteiger partial charge in [-0.2, -0.15) is 0 Å². The number of carboxylic acids is 1. The monoisotopic (exact) mass is 579 g/mol. The van der Waals surface area contributed by atoms with Crippen LogP contribution >= 0.6 is 0 Å². The van der Waals surface area contributed by atoms with Crippen LogP contribution in [0.4, 0.5) is 15.9 Å². The lowest BCUT2D eigenvalue weighted by Gasteiger charge is -2.47. The van der Waals surface area contributed by atoms with Crippen LogP contribution in [-0.4, -0.2) is 44.4 Å². The van der Waals surface area contributed by atoms with Crippen LogP contribution in [0.2, 0.25) is 0 Å². The maximum absolute atomic E-state index is 15.0. The number of nitrogens with one attached hydrogen (secondary N) is 1. The summed E-state index contributed by atoms with van der Waals surface area (Å²) in [5.41, 5.74) is 0.366. The minimum atomic E-state index is -4.29. The molecule has 2 aromatic heterocycles.